The molecule has 0 aliphatic carbocycles. The normalized spacial score (nSPS) is 11.3. The van der Waals surface area contributed by atoms with Crippen molar-refractivity contribution in [3.8, 4) is 17.4 Å². The molecule has 1 aromatic heterocycles. The molecule has 3 rings (SSSR count). The van der Waals surface area contributed by atoms with Gasteiger partial charge in [-0.15, -0.1) is 0 Å². The van der Waals surface area contributed by atoms with Crippen LogP contribution in [0.15, 0.2) is 46.2 Å². The summed E-state index contributed by atoms with van der Waals surface area (Å²) in [6, 6.07) is 8.56. The highest BCUT2D eigenvalue weighted by molar-refractivity contribution is 6.01. The number of ether oxygens (including phenoxy) is 1. The molecule has 0 fully saturated rings. The number of rotatable bonds is 4. The summed E-state index contributed by atoms with van der Waals surface area (Å²) >= 11 is 0. The van der Waals surface area contributed by atoms with Crippen LogP contribution in [0.1, 0.15) is 11.1 Å². The summed E-state index contributed by atoms with van der Waals surface area (Å²) in [5.74, 6) is -0.557. The molecule has 0 saturated carbocycles. The average molecular weight is 342 g/mol. The Bertz CT molecular complexity index is 1030. The minimum absolute atomic E-state index is 0.00499. The van der Waals surface area contributed by atoms with Crippen molar-refractivity contribution in [3.63, 3.8) is 0 Å². The lowest BCUT2D eigenvalue weighted by molar-refractivity contribution is 0.373. The lowest BCUT2D eigenvalue weighted by Gasteiger charge is -2.06. The fourth-order valence-electron chi connectivity index (χ4n) is 2.51. The maximum atomic E-state index is 13.5. The number of phenolic OH excluding ortho intramolecular Hbond substituents is 1. The molecule has 3 aromatic rings. The van der Waals surface area contributed by atoms with E-state index in [4.69, 9.17) is 4.74 Å². The van der Waals surface area contributed by atoms with Crippen LogP contribution < -0.4 is 10.3 Å². The summed E-state index contributed by atoms with van der Waals surface area (Å²) in [4.78, 5) is 18.3. The van der Waals surface area contributed by atoms with Crippen LogP contribution in [0.2, 0.25) is 0 Å². The third-order valence-electron chi connectivity index (χ3n) is 3.74. The van der Waals surface area contributed by atoms with Gasteiger partial charge in [-0.1, -0.05) is 6.07 Å². The summed E-state index contributed by atoms with van der Waals surface area (Å²) in [6.45, 7) is 0.215. The lowest BCUT2D eigenvalue weighted by Crippen LogP contribution is -2.08. The Morgan fingerprint density at radius 3 is 2.72 bits per heavy atom. The summed E-state index contributed by atoms with van der Waals surface area (Å²) < 4.78 is 18.5. The van der Waals surface area contributed by atoms with Crippen molar-refractivity contribution in [2.75, 3.05) is 7.11 Å². The van der Waals surface area contributed by atoms with Crippen molar-refractivity contribution in [2.45, 2.75) is 6.54 Å². The number of benzene rings is 2. The molecule has 0 unspecified atom stereocenters. The number of aliphatic imine (C=N–C) groups is 1. The molecule has 0 bridgehead atoms. The average Bonchev–Trinajstić information content (AvgIpc) is 2.57. The van der Waals surface area contributed by atoms with Crippen LogP contribution >= 0.6 is 0 Å². The first-order chi connectivity index (χ1) is 12.0. The van der Waals surface area contributed by atoms with E-state index in [2.05, 4.69) is 9.98 Å². The third kappa shape index (κ3) is 3.30. The molecule has 7 heteroatoms. The summed E-state index contributed by atoms with van der Waals surface area (Å²) in [7, 11) is 1.45. The van der Waals surface area contributed by atoms with E-state index >= 15 is 0 Å². The first-order valence-corrected chi connectivity index (χ1v) is 7.40. The molecule has 25 heavy (non-hydrogen) atoms. The number of aromatic nitrogens is 1. The minimum Gasteiger partial charge on any atom is -0.504 e. The van der Waals surface area contributed by atoms with E-state index in [1.54, 1.807) is 12.1 Å². The lowest BCUT2D eigenvalue weighted by atomic mass is 10.1. The van der Waals surface area contributed by atoms with Crippen molar-refractivity contribution in [1.29, 1.82) is 0 Å². The molecule has 1 heterocycles. The molecule has 2 aromatic carbocycles. The number of nitrogens with zero attached hydrogens (tertiary/aromatic N) is 1. The van der Waals surface area contributed by atoms with Crippen molar-refractivity contribution < 1.29 is 19.3 Å². The van der Waals surface area contributed by atoms with Crippen molar-refractivity contribution >= 4 is 17.0 Å². The summed E-state index contributed by atoms with van der Waals surface area (Å²) in [6.07, 6.45) is 1.36. The van der Waals surface area contributed by atoms with Gasteiger partial charge in [0.2, 0.25) is 5.88 Å². The molecule has 0 spiro atoms. The van der Waals surface area contributed by atoms with Crippen LogP contribution in [0, 0.1) is 5.82 Å². The fraction of sp³-hybridized carbons (Fsp3) is 0.111. The summed E-state index contributed by atoms with van der Waals surface area (Å²) in [5.41, 5.74) is 0.422. The molecule has 6 nitrogen and oxygen atoms in total. The second-order valence-electron chi connectivity index (χ2n) is 5.38. The van der Waals surface area contributed by atoms with Crippen LogP contribution in [0.25, 0.3) is 10.8 Å². The van der Waals surface area contributed by atoms with E-state index in [9.17, 15) is 19.4 Å². The number of methoxy groups -OCH3 is 1. The van der Waals surface area contributed by atoms with Crippen LogP contribution in [0.3, 0.4) is 0 Å². The van der Waals surface area contributed by atoms with E-state index in [1.165, 1.54) is 37.6 Å². The number of phenols is 1. The number of hydrogen-bond donors (Lipinski definition) is 3. The SMILES string of the molecule is COc1ccc(CN=Cc2c(O)[nH]c(=O)c3ccc(F)cc23)cc1O. The number of hydrogen-bond acceptors (Lipinski definition) is 5. The highest BCUT2D eigenvalue weighted by Gasteiger charge is 2.10. The molecule has 0 radical (unpaired) electrons. The minimum atomic E-state index is -0.521. The van der Waals surface area contributed by atoms with Crippen molar-refractivity contribution in [1.82, 2.24) is 4.98 Å². The van der Waals surface area contributed by atoms with E-state index in [0.29, 0.717) is 11.3 Å². The van der Waals surface area contributed by atoms with Gasteiger partial charge in [0.1, 0.15) is 5.82 Å². The number of nitrogens with one attached hydrogen (secondary N) is 1. The first kappa shape index (κ1) is 16.5. The van der Waals surface area contributed by atoms with Gasteiger partial charge in [-0.25, -0.2) is 4.39 Å². The number of aromatic hydroxyl groups is 2. The van der Waals surface area contributed by atoms with Crippen LogP contribution in [0.5, 0.6) is 17.4 Å². The molecule has 0 atom stereocenters. The van der Waals surface area contributed by atoms with Gasteiger partial charge in [0, 0.05) is 17.0 Å². The topological polar surface area (TPSA) is 94.9 Å². The van der Waals surface area contributed by atoms with Crippen LogP contribution in [0.4, 0.5) is 4.39 Å². The number of pyridine rings is 1. The molecular weight excluding hydrogens is 327 g/mol. The Labute approximate surface area is 141 Å². The number of halogens is 1. The Hall–Kier alpha value is -3.35. The molecule has 128 valence electrons. The second-order valence-corrected chi connectivity index (χ2v) is 5.38. The highest BCUT2D eigenvalue weighted by Crippen LogP contribution is 2.26. The number of fused-ring (bicyclic) bond motifs is 1. The Morgan fingerprint density at radius 2 is 2.00 bits per heavy atom. The maximum Gasteiger partial charge on any atom is 0.258 e. The fourth-order valence-corrected chi connectivity index (χ4v) is 2.51. The Morgan fingerprint density at radius 1 is 1.20 bits per heavy atom. The maximum absolute atomic E-state index is 13.5. The smallest absolute Gasteiger partial charge is 0.258 e. The zero-order chi connectivity index (χ0) is 18.0. The molecule has 0 aliphatic heterocycles. The molecule has 0 saturated heterocycles. The van der Waals surface area contributed by atoms with Gasteiger partial charge in [-0.05, 0) is 35.9 Å². The zero-order valence-corrected chi connectivity index (χ0v) is 13.3. The first-order valence-electron chi connectivity index (χ1n) is 7.40. The Balaban J connectivity index is 1.95. The van der Waals surface area contributed by atoms with E-state index in [0.717, 1.165) is 0 Å². The number of aromatic amines is 1. The van der Waals surface area contributed by atoms with E-state index in [-0.39, 0.29) is 34.5 Å². The van der Waals surface area contributed by atoms with Gasteiger partial charge in [0.05, 0.1) is 19.2 Å². The quantitative estimate of drug-likeness (QED) is 0.635. The van der Waals surface area contributed by atoms with Gasteiger partial charge in [0.25, 0.3) is 5.56 Å². The van der Waals surface area contributed by atoms with Crippen LogP contribution in [-0.2, 0) is 6.54 Å². The number of H-pyrrole nitrogens is 1. The largest absolute Gasteiger partial charge is 0.504 e. The molecular formula is C18H15FN2O4. The molecule has 0 aliphatic rings. The zero-order valence-electron chi connectivity index (χ0n) is 13.3. The van der Waals surface area contributed by atoms with Gasteiger partial charge in [-0.2, -0.15) is 0 Å². The molecule has 3 N–H and O–H groups in total. The van der Waals surface area contributed by atoms with E-state index in [1.807, 2.05) is 0 Å². The second kappa shape index (κ2) is 6.64. The Kier molecular flexibility index (Phi) is 4.38. The predicted octanol–water partition coefficient (Wildman–Crippen LogP) is 2.71. The van der Waals surface area contributed by atoms with Gasteiger partial charge in [-0.3, -0.25) is 14.8 Å². The standard InChI is InChI=1S/C18H15FN2O4/c1-25-16-5-2-10(6-15(16)22)8-20-9-14-13-7-11(19)3-4-12(13)17(23)21-18(14)24/h2-7,9,22H,8H2,1H3,(H2,21,23,24). The monoisotopic (exact) mass is 342 g/mol. The van der Waals surface area contributed by atoms with Crippen molar-refractivity contribution in [3.05, 3.63) is 63.7 Å². The molecule has 0 amide bonds. The highest BCUT2D eigenvalue weighted by atomic mass is 19.1. The van der Waals surface area contributed by atoms with Crippen molar-refractivity contribution in [2.24, 2.45) is 4.99 Å². The van der Waals surface area contributed by atoms with Gasteiger partial charge >= 0.3 is 0 Å². The van der Waals surface area contributed by atoms with Crippen LogP contribution in [-0.4, -0.2) is 28.5 Å². The third-order valence-corrected chi connectivity index (χ3v) is 3.74. The van der Waals surface area contributed by atoms with E-state index < -0.39 is 11.4 Å². The predicted molar refractivity (Wildman–Crippen MR) is 92.1 cm³/mol. The summed E-state index contributed by atoms with van der Waals surface area (Å²) in [5, 5.41) is 20.2. The van der Waals surface area contributed by atoms with Gasteiger partial charge in [0.15, 0.2) is 11.5 Å². The van der Waals surface area contributed by atoms with Gasteiger partial charge < -0.3 is 14.9 Å².